The zero-order chi connectivity index (χ0) is 28.6. The fourth-order valence-corrected chi connectivity index (χ4v) is 5.06. The number of halogens is 1. The van der Waals surface area contributed by atoms with Crippen molar-refractivity contribution in [3.63, 3.8) is 0 Å². The van der Waals surface area contributed by atoms with E-state index in [9.17, 15) is 14.4 Å². The second-order valence-corrected chi connectivity index (χ2v) is 10.5. The normalized spacial score (nSPS) is 14.0. The average Bonchev–Trinajstić information content (AvgIpc) is 3.16. The summed E-state index contributed by atoms with van der Waals surface area (Å²) in [7, 11) is 0. The van der Waals surface area contributed by atoms with Crippen LogP contribution in [0, 0.1) is 6.92 Å². The van der Waals surface area contributed by atoms with Crippen LogP contribution < -0.4 is 14.8 Å². The van der Waals surface area contributed by atoms with Crippen LogP contribution in [0.25, 0.3) is 6.08 Å². The summed E-state index contributed by atoms with van der Waals surface area (Å²) in [6.07, 6.45) is 3.88. The number of carbonyl (C=O) groups is 3. The van der Waals surface area contributed by atoms with Gasteiger partial charge in [0.25, 0.3) is 11.1 Å². The van der Waals surface area contributed by atoms with E-state index in [0.717, 1.165) is 33.4 Å². The van der Waals surface area contributed by atoms with Gasteiger partial charge in [0, 0.05) is 16.3 Å². The predicted molar refractivity (Wildman–Crippen MR) is 160 cm³/mol. The molecule has 0 atom stereocenters. The number of carbonyl (C=O) groups excluding carboxylic acids is 3. The molecule has 1 fully saturated rings. The van der Waals surface area contributed by atoms with Crippen molar-refractivity contribution in [3.8, 4) is 11.5 Å². The Kier molecular flexibility index (Phi) is 9.69. The first kappa shape index (κ1) is 29.0. The molecule has 7 nitrogen and oxygen atoms in total. The number of hydrogen-bond donors (Lipinski definition) is 1. The van der Waals surface area contributed by atoms with Crippen LogP contribution in [0.1, 0.15) is 29.2 Å². The van der Waals surface area contributed by atoms with E-state index >= 15 is 0 Å². The summed E-state index contributed by atoms with van der Waals surface area (Å²) in [6, 6.07) is 18.3. The van der Waals surface area contributed by atoms with Gasteiger partial charge in [0.2, 0.25) is 5.91 Å². The number of benzene rings is 3. The fourth-order valence-electron chi connectivity index (χ4n) is 4.09. The van der Waals surface area contributed by atoms with Gasteiger partial charge in [0.15, 0.2) is 11.5 Å². The summed E-state index contributed by atoms with van der Waals surface area (Å²) in [4.78, 5) is 39.4. The Bertz CT molecular complexity index is 1470. The molecule has 1 saturated heterocycles. The smallest absolute Gasteiger partial charge is 0.294 e. The van der Waals surface area contributed by atoms with E-state index in [1.807, 2.05) is 50.2 Å². The first-order valence-electron chi connectivity index (χ1n) is 12.7. The Morgan fingerprint density at radius 2 is 1.88 bits per heavy atom. The van der Waals surface area contributed by atoms with Crippen molar-refractivity contribution in [1.82, 2.24) is 4.90 Å². The number of aryl methyl sites for hydroxylation is 1. The molecule has 0 saturated carbocycles. The minimum atomic E-state index is -0.527. The number of anilines is 1. The summed E-state index contributed by atoms with van der Waals surface area (Å²) >= 11 is 6.79. The van der Waals surface area contributed by atoms with Crippen molar-refractivity contribution in [2.75, 3.05) is 18.5 Å². The summed E-state index contributed by atoms with van der Waals surface area (Å²) in [5, 5.41) is 2.87. The number of amides is 3. The lowest BCUT2D eigenvalue weighted by atomic mass is 10.0. The number of allylic oxidation sites excluding steroid dienone is 1. The zero-order valence-corrected chi connectivity index (χ0v) is 23.8. The van der Waals surface area contributed by atoms with Gasteiger partial charge in [-0.3, -0.25) is 19.3 Å². The number of hydrogen-bond acceptors (Lipinski definition) is 6. The Labute approximate surface area is 242 Å². The molecule has 1 heterocycles. The molecule has 9 heteroatoms. The number of ether oxygens (including phenoxy) is 2. The molecule has 0 spiro atoms. The lowest BCUT2D eigenvalue weighted by Gasteiger charge is -2.17. The maximum absolute atomic E-state index is 13.1. The second kappa shape index (κ2) is 13.4. The van der Waals surface area contributed by atoms with Gasteiger partial charge in [0.1, 0.15) is 13.2 Å². The summed E-state index contributed by atoms with van der Waals surface area (Å²) < 4.78 is 12.1. The largest absolute Gasteiger partial charge is 0.490 e. The van der Waals surface area contributed by atoms with Gasteiger partial charge in [-0.25, -0.2) is 0 Å². The Hall–Kier alpha value is -4.01. The summed E-state index contributed by atoms with van der Waals surface area (Å²) in [5.74, 6) is 0.109. The van der Waals surface area contributed by atoms with Gasteiger partial charge in [-0.1, -0.05) is 41.9 Å². The zero-order valence-electron chi connectivity index (χ0n) is 22.2. The standard InChI is InChI=1S/C31H29ClN2O5S/c1-4-7-23-15-22(16-26(38-5-2)29(23)39-19-21-10-12-24(32)13-11-21)17-27-30(36)34(31(37)40-27)18-28(35)33-25-9-6-8-20(3)14-25/h4,6,8-17H,1,5,7,18-19H2,2-3H3,(H,33,35)/b27-17-. The highest BCUT2D eigenvalue weighted by Gasteiger charge is 2.36. The first-order chi connectivity index (χ1) is 19.3. The molecule has 3 aromatic carbocycles. The lowest BCUT2D eigenvalue weighted by molar-refractivity contribution is -0.127. The molecule has 1 aliphatic heterocycles. The van der Waals surface area contributed by atoms with Gasteiger partial charge in [-0.15, -0.1) is 6.58 Å². The maximum atomic E-state index is 13.1. The van der Waals surface area contributed by atoms with E-state index in [-0.39, 0.29) is 11.4 Å². The van der Waals surface area contributed by atoms with Gasteiger partial charge >= 0.3 is 0 Å². The van der Waals surface area contributed by atoms with Gasteiger partial charge < -0.3 is 14.8 Å². The highest BCUT2D eigenvalue weighted by Crippen LogP contribution is 2.38. The molecule has 0 radical (unpaired) electrons. The van der Waals surface area contributed by atoms with Gasteiger partial charge in [-0.2, -0.15) is 0 Å². The number of nitrogens with one attached hydrogen (secondary N) is 1. The van der Waals surface area contributed by atoms with E-state index < -0.39 is 17.1 Å². The van der Waals surface area contributed by atoms with Crippen LogP contribution in [-0.2, 0) is 22.6 Å². The number of nitrogens with zero attached hydrogens (tertiary/aromatic N) is 1. The highest BCUT2D eigenvalue weighted by atomic mass is 35.5. The minimum Gasteiger partial charge on any atom is -0.490 e. The van der Waals surface area contributed by atoms with Gasteiger partial charge in [0.05, 0.1) is 11.5 Å². The van der Waals surface area contributed by atoms with Crippen LogP contribution in [0.15, 0.2) is 78.2 Å². The number of rotatable bonds is 11. The third-order valence-corrected chi connectivity index (χ3v) is 7.05. The molecule has 0 aliphatic carbocycles. The molecule has 3 aromatic rings. The highest BCUT2D eigenvalue weighted by molar-refractivity contribution is 8.18. The molecule has 206 valence electrons. The molecule has 0 aromatic heterocycles. The molecule has 0 unspecified atom stereocenters. The van der Waals surface area contributed by atoms with E-state index in [2.05, 4.69) is 11.9 Å². The molecular weight excluding hydrogens is 548 g/mol. The van der Waals surface area contributed by atoms with Crippen LogP contribution in [0.3, 0.4) is 0 Å². The van der Waals surface area contributed by atoms with Crippen molar-refractivity contribution < 1.29 is 23.9 Å². The third kappa shape index (κ3) is 7.34. The lowest BCUT2D eigenvalue weighted by Crippen LogP contribution is -2.36. The monoisotopic (exact) mass is 576 g/mol. The minimum absolute atomic E-state index is 0.218. The molecule has 1 aliphatic rings. The Balaban J connectivity index is 1.54. The molecule has 0 bridgehead atoms. The van der Waals surface area contributed by atoms with Crippen LogP contribution in [0.4, 0.5) is 10.5 Å². The third-order valence-electron chi connectivity index (χ3n) is 5.89. The van der Waals surface area contributed by atoms with Crippen molar-refractivity contribution in [3.05, 3.63) is 106 Å². The SMILES string of the molecule is C=CCc1cc(/C=C2\SC(=O)N(CC(=O)Nc3cccc(C)c3)C2=O)cc(OCC)c1OCc1ccc(Cl)cc1. The molecule has 4 rings (SSSR count). The molecule has 1 N–H and O–H groups in total. The van der Waals surface area contributed by atoms with Crippen LogP contribution in [0.2, 0.25) is 5.02 Å². The molecule has 3 amide bonds. The van der Waals surface area contributed by atoms with Gasteiger partial charge in [-0.05, 0) is 91.2 Å². The topological polar surface area (TPSA) is 84.9 Å². The Morgan fingerprint density at radius 3 is 2.58 bits per heavy atom. The van der Waals surface area contributed by atoms with E-state index in [1.54, 1.807) is 36.4 Å². The maximum Gasteiger partial charge on any atom is 0.294 e. The van der Waals surface area contributed by atoms with Crippen molar-refractivity contribution in [2.24, 2.45) is 0 Å². The van der Waals surface area contributed by atoms with E-state index in [4.69, 9.17) is 21.1 Å². The second-order valence-electron chi connectivity index (χ2n) is 9.03. The fraction of sp³-hybridized carbons (Fsp3) is 0.194. The number of thioether (sulfide) groups is 1. The van der Waals surface area contributed by atoms with Crippen molar-refractivity contribution >= 4 is 52.2 Å². The average molecular weight is 577 g/mol. The summed E-state index contributed by atoms with van der Waals surface area (Å²) in [5.41, 5.74) is 4.01. The Morgan fingerprint density at radius 1 is 1.10 bits per heavy atom. The van der Waals surface area contributed by atoms with Crippen LogP contribution in [0.5, 0.6) is 11.5 Å². The number of imide groups is 1. The molecular formula is C31H29ClN2O5S. The van der Waals surface area contributed by atoms with Crippen LogP contribution >= 0.6 is 23.4 Å². The quantitative estimate of drug-likeness (QED) is 0.195. The molecule has 40 heavy (non-hydrogen) atoms. The van der Waals surface area contributed by atoms with E-state index in [1.165, 1.54) is 0 Å². The predicted octanol–water partition coefficient (Wildman–Crippen LogP) is 7.03. The first-order valence-corrected chi connectivity index (χ1v) is 13.9. The van der Waals surface area contributed by atoms with Crippen molar-refractivity contribution in [1.29, 1.82) is 0 Å². The van der Waals surface area contributed by atoms with Crippen LogP contribution in [-0.4, -0.2) is 35.1 Å². The van der Waals surface area contributed by atoms with E-state index in [0.29, 0.717) is 47.4 Å². The van der Waals surface area contributed by atoms with Crippen molar-refractivity contribution in [2.45, 2.75) is 26.9 Å². The summed E-state index contributed by atoms with van der Waals surface area (Å²) in [6.45, 7) is 7.97.